The van der Waals surface area contributed by atoms with Crippen LogP contribution in [0.2, 0.25) is 0 Å². The van der Waals surface area contributed by atoms with Crippen molar-refractivity contribution < 1.29 is 5.32 Å². The number of amidine groups is 1. The van der Waals surface area contributed by atoms with Crippen LogP contribution in [0.15, 0.2) is 187 Å². The van der Waals surface area contributed by atoms with Crippen molar-refractivity contribution in [3.05, 3.63) is 220 Å². The van der Waals surface area contributed by atoms with E-state index in [1.807, 2.05) is 17.4 Å². The highest BCUT2D eigenvalue weighted by molar-refractivity contribution is 7.20. The number of para-hydroxylation sites is 1. The summed E-state index contributed by atoms with van der Waals surface area (Å²) in [4.78, 5) is 6.65. The Hall–Kier alpha value is -6.53. The average molecular weight is 739 g/mol. The maximum atomic E-state index is 5.18. The summed E-state index contributed by atoms with van der Waals surface area (Å²) in [5, 5.41) is 11.2. The zero-order valence-corrected chi connectivity index (χ0v) is 31.5. The monoisotopic (exact) mass is 738 g/mol. The first-order chi connectivity index (χ1) is 27.8. The van der Waals surface area contributed by atoms with Gasteiger partial charge in [0.2, 0.25) is 0 Å². The lowest BCUT2D eigenvalue weighted by atomic mass is 9.87. The number of nitrogens with zero attached hydrogens (tertiary/aromatic N) is 3. The summed E-state index contributed by atoms with van der Waals surface area (Å²) in [6, 6.07) is 63.5. The number of aliphatic imine (C=N–C) groups is 1. The lowest BCUT2D eigenvalue weighted by Crippen LogP contribution is -2.87. The van der Waals surface area contributed by atoms with Crippen LogP contribution >= 0.6 is 11.3 Å². The third kappa shape index (κ3) is 5.59. The summed E-state index contributed by atoms with van der Waals surface area (Å²) in [6.07, 6.45) is 5.54. The van der Waals surface area contributed by atoms with Crippen molar-refractivity contribution in [2.45, 2.75) is 24.7 Å². The minimum absolute atomic E-state index is 0.0765. The van der Waals surface area contributed by atoms with Gasteiger partial charge in [0.15, 0.2) is 0 Å². The van der Waals surface area contributed by atoms with Crippen LogP contribution in [0.3, 0.4) is 0 Å². The van der Waals surface area contributed by atoms with E-state index in [0.717, 1.165) is 29.1 Å². The quantitative estimate of drug-likeness (QED) is 0.177. The lowest BCUT2D eigenvalue weighted by molar-refractivity contribution is -0.727. The zero-order chi connectivity index (χ0) is 37.0. The Bertz CT molecular complexity index is 2940. The molecule has 11 rings (SSSR count). The lowest BCUT2D eigenvalue weighted by Gasteiger charge is -2.37. The van der Waals surface area contributed by atoms with Gasteiger partial charge in [0.1, 0.15) is 12.3 Å². The van der Waals surface area contributed by atoms with Crippen LogP contribution in [0, 0.1) is 0 Å². The van der Waals surface area contributed by atoms with Gasteiger partial charge >= 0.3 is 0 Å². The van der Waals surface area contributed by atoms with Crippen LogP contribution in [-0.4, -0.2) is 10.4 Å². The van der Waals surface area contributed by atoms with Gasteiger partial charge in [-0.3, -0.25) is 0 Å². The van der Waals surface area contributed by atoms with Crippen LogP contribution in [0.5, 0.6) is 0 Å². The second-order valence-corrected chi connectivity index (χ2v) is 15.8. The van der Waals surface area contributed by atoms with Crippen molar-refractivity contribution in [3.63, 3.8) is 0 Å². The summed E-state index contributed by atoms with van der Waals surface area (Å²) in [5.41, 5.74) is 12.2. The fourth-order valence-electron chi connectivity index (χ4n) is 8.77. The molecule has 0 bridgehead atoms. The minimum atomic E-state index is -0.119. The Kier molecular flexibility index (Phi) is 8.01. The number of rotatable bonds is 6. The van der Waals surface area contributed by atoms with E-state index in [0.29, 0.717) is 5.92 Å². The SMILES string of the molecule is C1=Cc2c(sc3c(-c4ccc5c(c4)c4ccccc4n5-c4ccc(C5N=C(c6ccccc6)[N-]C(c6ccccc6)[NH2+]5)cc4)cccc23)C(c2ccccc2)C1. The number of benzene rings is 7. The molecule has 3 atom stereocenters. The standard InChI is InChI=1S/C51H37N4S/c1-4-14-33(15-5-1)39-21-12-23-42-43-24-13-22-40(48(43)56-47(39)42)37-28-31-46-44(32-37)41-20-10-11-25-45(41)55(46)38-29-26-36(27-30-38)51-53-49(34-16-6-2-7-17-34)52-50(54-51)35-18-8-3-9-19-35/h1-20,22-32,39,49,51,53H,21H2/q-1/p+1. The highest BCUT2D eigenvalue weighted by Crippen LogP contribution is 2.47. The number of hydrogen-bond acceptors (Lipinski definition) is 2. The second-order valence-electron chi connectivity index (χ2n) is 14.8. The smallest absolute Gasteiger partial charge is 0.125 e. The molecule has 9 aromatic rings. The van der Waals surface area contributed by atoms with E-state index in [2.05, 4.69) is 192 Å². The first kappa shape index (κ1) is 32.9. The average Bonchev–Trinajstić information content (AvgIpc) is 3.83. The third-order valence-corrected chi connectivity index (χ3v) is 12.9. The van der Waals surface area contributed by atoms with E-state index in [9.17, 15) is 0 Å². The molecule has 56 heavy (non-hydrogen) atoms. The highest BCUT2D eigenvalue weighted by Gasteiger charge is 2.25. The van der Waals surface area contributed by atoms with Gasteiger partial charge in [-0.1, -0.05) is 158 Å². The predicted molar refractivity (Wildman–Crippen MR) is 234 cm³/mol. The maximum Gasteiger partial charge on any atom is 0.125 e. The van der Waals surface area contributed by atoms with Gasteiger partial charge in [-0.15, -0.1) is 11.3 Å². The molecule has 2 aromatic heterocycles. The van der Waals surface area contributed by atoms with E-state index in [-0.39, 0.29) is 12.3 Å². The van der Waals surface area contributed by atoms with Crippen LogP contribution < -0.4 is 5.32 Å². The number of fused-ring (bicyclic) bond motifs is 6. The van der Waals surface area contributed by atoms with Crippen molar-refractivity contribution in [2.24, 2.45) is 4.99 Å². The fourth-order valence-corrected chi connectivity index (χ4v) is 10.2. The van der Waals surface area contributed by atoms with Crippen molar-refractivity contribution in [3.8, 4) is 16.8 Å². The molecule has 0 fully saturated rings. The molecular weight excluding hydrogens is 701 g/mol. The normalized spacial score (nSPS) is 17.9. The topological polar surface area (TPSA) is 48.0 Å². The first-order valence-electron chi connectivity index (χ1n) is 19.4. The molecule has 3 unspecified atom stereocenters. The molecule has 3 heterocycles. The van der Waals surface area contributed by atoms with E-state index in [1.54, 1.807) is 0 Å². The molecule has 0 radical (unpaired) electrons. The molecule has 268 valence electrons. The Morgan fingerprint density at radius 1 is 0.589 bits per heavy atom. The molecule has 4 nitrogen and oxygen atoms in total. The Balaban J connectivity index is 0.977. The number of allylic oxidation sites excluding steroid dienone is 1. The van der Waals surface area contributed by atoms with Gasteiger partial charge in [-0.25, -0.2) is 0 Å². The minimum Gasteiger partial charge on any atom is -0.408 e. The van der Waals surface area contributed by atoms with Crippen molar-refractivity contribution in [1.82, 2.24) is 4.57 Å². The summed E-state index contributed by atoms with van der Waals surface area (Å²) in [5.74, 6) is 1.18. The molecule has 0 saturated heterocycles. The van der Waals surface area contributed by atoms with E-state index in [1.165, 1.54) is 64.6 Å². The third-order valence-electron chi connectivity index (χ3n) is 11.5. The molecule has 2 N–H and O–H groups in total. The summed E-state index contributed by atoms with van der Waals surface area (Å²) in [7, 11) is 0. The molecule has 1 aliphatic carbocycles. The Morgan fingerprint density at radius 2 is 1.29 bits per heavy atom. The van der Waals surface area contributed by atoms with Gasteiger partial charge in [0.05, 0.1) is 11.0 Å². The molecule has 1 aliphatic heterocycles. The number of nitrogens with two attached hydrogens (primary N) is 1. The van der Waals surface area contributed by atoms with E-state index in [4.69, 9.17) is 10.3 Å². The fraction of sp³-hybridized carbons (Fsp3) is 0.0784. The van der Waals surface area contributed by atoms with Crippen LogP contribution in [0.1, 0.15) is 57.4 Å². The van der Waals surface area contributed by atoms with Crippen LogP contribution in [0.4, 0.5) is 0 Å². The predicted octanol–water partition coefficient (Wildman–Crippen LogP) is 12.3. The molecule has 5 heteroatoms. The van der Waals surface area contributed by atoms with Crippen LogP contribution in [0.25, 0.3) is 60.1 Å². The summed E-state index contributed by atoms with van der Waals surface area (Å²) in [6.45, 7) is 0. The number of quaternary nitrogens is 1. The first-order valence-corrected chi connectivity index (χ1v) is 20.2. The molecule has 2 aliphatic rings. The molecule has 0 saturated carbocycles. The number of thiophene rings is 1. The number of aromatic nitrogens is 1. The van der Waals surface area contributed by atoms with Crippen molar-refractivity contribution in [1.29, 1.82) is 0 Å². The van der Waals surface area contributed by atoms with Gasteiger partial charge < -0.3 is 20.2 Å². The van der Waals surface area contributed by atoms with Gasteiger partial charge in [-0.2, -0.15) is 0 Å². The summed E-state index contributed by atoms with van der Waals surface area (Å²) >= 11 is 1.97. The van der Waals surface area contributed by atoms with Gasteiger partial charge in [0.25, 0.3) is 0 Å². The summed E-state index contributed by atoms with van der Waals surface area (Å²) < 4.78 is 3.77. The largest absolute Gasteiger partial charge is 0.408 e. The molecule has 0 spiro atoms. The van der Waals surface area contributed by atoms with Crippen LogP contribution in [-0.2, 0) is 0 Å². The Labute approximate surface area is 330 Å². The molecule has 0 amide bonds. The second kappa shape index (κ2) is 13.6. The van der Waals surface area contributed by atoms with Gasteiger partial charge in [-0.05, 0) is 70.4 Å². The van der Waals surface area contributed by atoms with E-state index >= 15 is 0 Å². The van der Waals surface area contributed by atoms with Gasteiger partial charge in [0, 0.05) is 48.5 Å². The van der Waals surface area contributed by atoms with E-state index < -0.39 is 0 Å². The molecular formula is C51H38N4S. The Morgan fingerprint density at radius 3 is 2.09 bits per heavy atom. The molecule has 7 aromatic carbocycles. The maximum absolute atomic E-state index is 5.18. The number of hydrogen-bond donors (Lipinski definition) is 1. The zero-order valence-electron chi connectivity index (χ0n) is 30.7. The highest BCUT2D eigenvalue weighted by atomic mass is 32.1. The van der Waals surface area contributed by atoms with Crippen molar-refractivity contribution in [2.75, 3.05) is 0 Å². The van der Waals surface area contributed by atoms with Crippen molar-refractivity contribution >= 4 is 55.1 Å².